The molecule has 0 saturated heterocycles. The lowest BCUT2D eigenvalue weighted by atomic mass is 9.79. The molecule has 0 aliphatic heterocycles. The zero-order chi connectivity index (χ0) is 14.9. The van der Waals surface area contributed by atoms with Crippen molar-refractivity contribution in [1.82, 2.24) is 14.9 Å². The lowest BCUT2D eigenvalue weighted by molar-refractivity contribution is 0.105. The minimum atomic E-state index is -0.140. The number of rotatable bonds is 4. The highest BCUT2D eigenvalue weighted by atomic mass is 16.3. The summed E-state index contributed by atoms with van der Waals surface area (Å²) in [4.78, 5) is 4.79. The van der Waals surface area contributed by atoms with Crippen molar-refractivity contribution in [2.75, 3.05) is 13.7 Å². The lowest BCUT2D eigenvalue weighted by Gasteiger charge is -2.40. The van der Waals surface area contributed by atoms with Crippen molar-refractivity contribution >= 4 is 11.0 Å². The second-order valence-electron chi connectivity index (χ2n) is 6.18. The van der Waals surface area contributed by atoms with Gasteiger partial charge in [-0.3, -0.25) is 0 Å². The van der Waals surface area contributed by atoms with E-state index >= 15 is 0 Å². The number of nitrogens with one attached hydrogen (secondary N) is 1. The quantitative estimate of drug-likeness (QED) is 0.909. The number of aryl methyl sites for hydroxylation is 1. The second-order valence-corrected chi connectivity index (χ2v) is 6.18. The van der Waals surface area contributed by atoms with Crippen LogP contribution in [0.2, 0.25) is 0 Å². The molecule has 4 heteroatoms. The van der Waals surface area contributed by atoms with Crippen LogP contribution in [0.25, 0.3) is 11.0 Å². The number of aliphatic hydroxyl groups is 1. The summed E-state index contributed by atoms with van der Waals surface area (Å²) < 4.78 is 2.41. The van der Waals surface area contributed by atoms with Crippen LogP contribution in [0.5, 0.6) is 0 Å². The molecule has 1 aliphatic carbocycles. The van der Waals surface area contributed by atoms with Crippen molar-refractivity contribution in [3.63, 3.8) is 0 Å². The van der Waals surface area contributed by atoms with Crippen molar-refractivity contribution in [2.24, 2.45) is 0 Å². The average Bonchev–Trinajstić information content (AvgIpc) is 2.93. The minimum absolute atomic E-state index is 0.140. The highest BCUT2D eigenvalue weighted by molar-refractivity contribution is 5.76. The minimum Gasteiger partial charge on any atom is -0.394 e. The van der Waals surface area contributed by atoms with Crippen molar-refractivity contribution < 1.29 is 5.11 Å². The van der Waals surface area contributed by atoms with Crippen LogP contribution in [0.1, 0.15) is 44.5 Å². The first-order valence-electron chi connectivity index (χ1n) is 7.98. The van der Waals surface area contributed by atoms with Crippen LogP contribution in [-0.4, -0.2) is 33.9 Å². The van der Waals surface area contributed by atoms with E-state index in [4.69, 9.17) is 4.98 Å². The maximum atomic E-state index is 9.81. The van der Waals surface area contributed by atoms with Crippen LogP contribution in [0, 0.1) is 0 Å². The third-order valence-corrected chi connectivity index (χ3v) is 5.00. The van der Waals surface area contributed by atoms with Crippen molar-refractivity contribution in [3.8, 4) is 0 Å². The Morgan fingerprint density at radius 3 is 2.95 bits per heavy atom. The molecule has 1 aliphatic rings. The van der Waals surface area contributed by atoms with Crippen molar-refractivity contribution in [2.45, 2.75) is 50.6 Å². The Balaban J connectivity index is 2.03. The van der Waals surface area contributed by atoms with Gasteiger partial charge in [0.2, 0.25) is 0 Å². The summed E-state index contributed by atoms with van der Waals surface area (Å²) >= 11 is 0. The van der Waals surface area contributed by atoms with E-state index in [1.807, 2.05) is 13.1 Å². The average molecular weight is 287 g/mol. The molecule has 1 fully saturated rings. The normalized spacial score (nSPS) is 26.3. The first kappa shape index (κ1) is 14.5. The summed E-state index contributed by atoms with van der Waals surface area (Å²) in [6.45, 7) is 2.37. The van der Waals surface area contributed by atoms with Gasteiger partial charge in [0.15, 0.2) is 0 Å². The summed E-state index contributed by atoms with van der Waals surface area (Å²) in [5.74, 6) is 1.16. The maximum absolute atomic E-state index is 9.81. The number of aromatic nitrogens is 2. The standard InChI is InChI=1S/C17H25N3O/c1-3-16-19-14-8-4-5-9-15(14)20(16)13-7-6-10-17(11-13,12-21)18-2/h4-5,8-9,13,18,21H,3,6-7,10-12H2,1-2H3. The predicted molar refractivity (Wildman–Crippen MR) is 85.5 cm³/mol. The zero-order valence-corrected chi connectivity index (χ0v) is 13.0. The van der Waals surface area contributed by atoms with Gasteiger partial charge in [-0.25, -0.2) is 4.98 Å². The Bertz CT molecular complexity index is 616. The monoisotopic (exact) mass is 287 g/mol. The topological polar surface area (TPSA) is 50.1 Å². The van der Waals surface area contributed by atoms with Gasteiger partial charge < -0.3 is 15.0 Å². The molecular formula is C17H25N3O. The SMILES string of the molecule is CCc1nc2ccccc2n1C1CCCC(CO)(NC)C1. The largest absolute Gasteiger partial charge is 0.394 e. The Morgan fingerprint density at radius 1 is 1.43 bits per heavy atom. The summed E-state index contributed by atoms with van der Waals surface area (Å²) in [6, 6.07) is 8.80. The predicted octanol–water partition coefficient (Wildman–Crippen LogP) is 2.66. The van der Waals surface area contributed by atoms with Crippen LogP contribution in [0.3, 0.4) is 0 Å². The van der Waals surface area contributed by atoms with Gasteiger partial charge >= 0.3 is 0 Å². The fourth-order valence-electron chi connectivity index (χ4n) is 3.75. The first-order valence-corrected chi connectivity index (χ1v) is 7.98. The number of hydrogen-bond acceptors (Lipinski definition) is 3. The highest BCUT2D eigenvalue weighted by Crippen LogP contribution is 2.37. The van der Waals surface area contributed by atoms with E-state index < -0.39 is 0 Å². The molecule has 1 heterocycles. The van der Waals surface area contributed by atoms with Gasteiger partial charge in [-0.2, -0.15) is 0 Å². The Morgan fingerprint density at radius 2 is 2.24 bits per heavy atom. The summed E-state index contributed by atoms with van der Waals surface area (Å²) in [6.07, 6.45) is 5.26. The first-order chi connectivity index (χ1) is 10.2. The second kappa shape index (κ2) is 5.78. The maximum Gasteiger partial charge on any atom is 0.109 e. The number of para-hydroxylation sites is 2. The Kier molecular flexibility index (Phi) is 4.00. The molecule has 114 valence electrons. The number of aliphatic hydroxyl groups excluding tert-OH is 1. The van der Waals surface area contributed by atoms with Gasteiger partial charge in [0.1, 0.15) is 5.82 Å². The van der Waals surface area contributed by atoms with Crippen molar-refractivity contribution in [3.05, 3.63) is 30.1 Å². The fourth-order valence-corrected chi connectivity index (χ4v) is 3.75. The van der Waals surface area contributed by atoms with Gasteiger partial charge in [-0.1, -0.05) is 19.1 Å². The van der Waals surface area contributed by atoms with E-state index in [1.54, 1.807) is 0 Å². The summed E-state index contributed by atoms with van der Waals surface area (Å²) in [7, 11) is 1.96. The highest BCUT2D eigenvalue weighted by Gasteiger charge is 2.36. The van der Waals surface area contributed by atoms with E-state index in [2.05, 4.69) is 35.0 Å². The molecule has 0 bridgehead atoms. The molecule has 4 nitrogen and oxygen atoms in total. The van der Waals surface area contributed by atoms with Gasteiger partial charge in [0, 0.05) is 18.0 Å². The van der Waals surface area contributed by atoms with E-state index in [1.165, 1.54) is 5.52 Å². The molecular weight excluding hydrogens is 262 g/mol. The molecule has 0 radical (unpaired) electrons. The number of benzene rings is 1. The van der Waals surface area contributed by atoms with E-state index in [9.17, 15) is 5.11 Å². The molecule has 3 rings (SSSR count). The van der Waals surface area contributed by atoms with Gasteiger partial charge in [0.05, 0.1) is 17.6 Å². The third kappa shape index (κ3) is 2.47. The molecule has 1 aromatic heterocycles. The van der Waals surface area contributed by atoms with Crippen LogP contribution >= 0.6 is 0 Å². The van der Waals surface area contributed by atoms with Gasteiger partial charge in [-0.05, 0) is 44.9 Å². The fraction of sp³-hybridized carbons (Fsp3) is 0.588. The van der Waals surface area contributed by atoms with Crippen molar-refractivity contribution in [1.29, 1.82) is 0 Å². The Labute approximate surface area is 126 Å². The van der Waals surface area contributed by atoms with Gasteiger partial charge in [-0.15, -0.1) is 0 Å². The summed E-state index contributed by atoms with van der Waals surface area (Å²) in [5, 5.41) is 13.2. The third-order valence-electron chi connectivity index (χ3n) is 5.00. The van der Waals surface area contributed by atoms with E-state index in [0.29, 0.717) is 6.04 Å². The van der Waals surface area contributed by atoms with Gasteiger partial charge in [0.25, 0.3) is 0 Å². The smallest absolute Gasteiger partial charge is 0.109 e. The van der Waals surface area contributed by atoms with E-state index in [0.717, 1.165) is 43.4 Å². The molecule has 0 spiro atoms. The van der Waals surface area contributed by atoms with Crippen LogP contribution < -0.4 is 5.32 Å². The van der Waals surface area contributed by atoms with Crippen LogP contribution in [-0.2, 0) is 6.42 Å². The molecule has 2 atom stereocenters. The van der Waals surface area contributed by atoms with Crippen LogP contribution in [0.4, 0.5) is 0 Å². The molecule has 0 amide bonds. The molecule has 2 unspecified atom stereocenters. The molecule has 1 aromatic carbocycles. The summed E-state index contributed by atoms with van der Waals surface area (Å²) in [5.41, 5.74) is 2.17. The van der Waals surface area contributed by atoms with Crippen LogP contribution in [0.15, 0.2) is 24.3 Å². The molecule has 21 heavy (non-hydrogen) atoms. The zero-order valence-electron chi connectivity index (χ0n) is 13.0. The number of nitrogens with zero attached hydrogens (tertiary/aromatic N) is 2. The Hall–Kier alpha value is -1.39. The molecule has 1 saturated carbocycles. The number of hydrogen-bond donors (Lipinski definition) is 2. The van der Waals surface area contributed by atoms with E-state index in [-0.39, 0.29) is 12.1 Å². The number of fused-ring (bicyclic) bond motifs is 1. The molecule has 2 N–H and O–H groups in total. The number of imidazole rings is 1. The number of likely N-dealkylation sites (N-methyl/N-ethyl adjacent to an activating group) is 1. The molecule has 2 aromatic rings. The lowest BCUT2D eigenvalue weighted by Crippen LogP contribution is -2.50.